The number of nitrogens with one attached hydrogen (secondary N) is 1. The van der Waals surface area contributed by atoms with E-state index in [1.807, 2.05) is 0 Å². The van der Waals surface area contributed by atoms with Crippen molar-refractivity contribution in [3.63, 3.8) is 0 Å². The average molecular weight is 316 g/mol. The molecule has 1 saturated carbocycles. The molecule has 110 valence electrons. The van der Waals surface area contributed by atoms with Crippen LogP contribution in [0.15, 0.2) is 18.2 Å². The molecule has 3 nitrogen and oxygen atoms in total. The molecule has 0 saturated heterocycles. The summed E-state index contributed by atoms with van der Waals surface area (Å²) >= 11 is 12.0. The molecule has 0 spiro atoms. The van der Waals surface area contributed by atoms with E-state index in [2.05, 4.69) is 5.32 Å². The van der Waals surface area contributed by atoms with E-state index in [1.54, 1.807) is 25.3 Å². The molecule has 1 aromatic rings. The fraction of sp³-hybridized carbons (Fsp3) is 0.533. The summed E-state index contributed by atoms with van der Waals surface area (Å²) in [5, 5.41) is 3.79. The van der Waals surface area contributed by atoms with Crippen LogP contribution in [0.4, 0.5) is 0 Å². The van der Waals surface area contributed by atoms with Gasteiger partial charge < -0.3 is 10.1 Å². The summed E-state index contributed by atoms with van der Waals surface area (Å²) in [6, 6.07) is 5.04. The second-order valence-corrected chi connectivity index (χ2v) is 6.23. The lowest BCUT2D eigenvalue weighted by Crippen LogP contribution is -2.31. The molecule has 0 heterocycles. The maximum atomic E-state index is 12.2. The van der Waals surface area contributed by atoms with Crippen molar-refractivity contribution in [2.75, 3.05) is 13.7 Å². The highest BCUT2D eigenvalue weighted by Gasteiger charge is 2.20. The van der Waals surface area contributed by atoms with Crippen LogP contribution in [-0.2, 0) is 0 Å². The first-order valence-corrected chi connectivity index (χ1v) is 7.67. The normalized spacial score (nSPS) is 22.4. The molecule has 0 aliphatic heterocycles. The largest absolute Gasteiger partial charge is 0.496 e. The van der Waals surface area contributed by atoms with Gasteiger partial charge in [0.2, 0.25) is 0 Å². The maximum absolute atomic E-state index is 12.2. The Morgan fingerprint density at radius 3 is 2.70 bits per heavy atom. The molecule has 1 amide bonds. The number of carbonyl (C=O) groups is 1. The molecule has 1 aliphatic carbocycles. The number of carbonyl (C=O) groups excluding carboxylic acids is 1. The van der Waals surface area contributed by atoms with Crippen molar-refractivity contribution in [3.8, 4) is 5.75 Å². The molecule has 0 bridgehead atoms. The Bertz CT molecular complexity index is 471. The Hall–Kier alpha value is -0.930. The van der Waals surface area contributed by atoms with Gasteiger partial charge in [-0.3, -0.25) is 4.79 Å². The van der Waals surface area contributed by atoms with Crippen molar-refractivity contribution < 1.29 is 9.53 Å². The smallest absolute Gasteiger partial charge is 0.255 e. The minimum Gasteiger partial charge on any atom is -0.496 e. The summed E-state index contributed by atoms with van der Waals surface area (Å²) in [4.78, 5) is 12.2. The van der Waals surface area contributed by atoms with Gasteiger partial charge in [-0.2, -0.15) is 0 Å². The lowest BCUT2D eigenvalue weighted by Gasteiger charge is -2.25. The summed E-state index contributed by atoms with van der Waals surface area (Å²) in [6.07, 6.45) is 4.20. The number of halogens is 2. The third-order valence-electron chi connectivity index (χ3n) is 3.73. The van der Waals surface area contributed by atoms with Crippen LogP contribution in [0.5, 0.6) is 5.75 Å². The molecule has 0 unspecified atom stereocenters. The van der Waals surface area contributed by atoms with Crippen LogP contribution in [0.3, 0.4) is 0 Å². The highest BCUT2D eigenvalue weighted by Crippen LogP contribution is 2.27. The molecule has 5 heteroatoms. The summed E-state index contributed by atoms with van der Waals surface area (Å²) in [5.41, 5.74) is 0.478. The number of amides is 1. The van der Waals surface area contributed by atoms with Gasteiger partial charge in [0, 0.05) is 16.9 Å². The van der Waals surface area contributed by atoms with Crippen LogP contribution in [0, 0.1) is 5.92 Å². The van der Waals surface area contributed by atoms with E-state index in [0.29, 0.717) is 34.2 Å². The van der Waals surface area contributed by atoms with Gasteiger partial charge in [0.15, 0.2) is 0 Å². The molecule has 0 atom stereocenters. The Kier molecular flexibility index (Phi) is 5.55. The third kappa shape index (κ3) is 4.03. The molecule has 1 fully saturated rings. The van der Waals surface area contributed by atoms with Gasteiger partial charge in [-0.15, -0.1) is 11.6 Å². The van der Waals surface area contributed by atoms with Crippen LogP contribution >= 0.6 is 23.2 Å². The van der Waals surface area contributed by atoms with Gasteiger partial charge in [-0.05, 0) is 49.8 Å². The zero-order chi connectivity index (χ0) is 14.5. The van der Waals surface area contributed by atoms with Crippen LogP contribution in [0.25, 0.3) is 0 Å². The van der Waals surface area contributed by atoms with Crippen molar-refractivity contribution in [2.45, 2.75) is 31.1 Å². The molecule has 2 rings (SSSR count). The average Bonchev–Trinajstić information content (AvgIpc) is 2.46. The molecule has 1 aromatic carbocycles. The van der Waals surface area contributed by atoms with Crippen molar-refractivity contribution >= 4 is 29.1 Å². The van der Waals surface area contributed by atoms with Crippen molar-refractivity contribution in [2.24, 2.45) is 5.92 Å². The number of benzene rings is 1. The lowest BCUT2D eigenvalue weighted by molar-refractivity contribution is 0.0940. The fourth-order valence-electron chi connectivity index (χ4n) is 2.52. The Labute approximate surface area is 129 Å². The van der Waals surface area contributed by atoms with Gasteiger partial charge in [-0.1, -0.05) is 11.6 Å². The van der Waals surface area contributed by atoms with E-state index in [9.17, 15) is 4.79 Å². The molecule has 0 aromatic heterocycles. The zero-order valence-corrected chi connectivity index (χ0v) is 13.0. The number of methoxy groups -OCH3 is 1. The van der Waals surface area contributed by atoms with Gasteiger partial charge in [-0.25, -0.2) is 0 Å². The predicted octanol–water partition coefficient (Wildman–Crippen LogP) is 3.88. The fourth-order valence-corrected chi connectivity index (χ4v) is 2.94. The zero-order valence-electron chi connectivity index (χ0n) is 11.5. The van der Waals surface area contributed by atoms with E-state index >= 15 is 0 Å². The van der Waals surface area contributed by atoms with Crippen LogP contribution in [0.1, 0.15) is 36.0 Å². The van der Waals surface area contributed by atoms with E-state index in [-0.39, 0.29) is 5.91 Å². The van der Waals surface area contributed by atoms with Crippen molar-refractivity contribution in [3.05, 3.63) is 28.8 Å². The lowest BCUT2D eigenvalue weighted by atomic mass is 9.89. The van der Waals surface area contributed by atoms with Crippen LogP contribution < -0.4 is 10.1 Å². The second-order valence-electron chi connectivity index (χ2n) is 5.17. The molecule has 1 N–H and O–H groups in total. The first-order valence-electron chi connectivity index (χ1n) is 6.86. The molecule has 20 heavy (non-hydrogen) atoms. The summed E-state index contributed by atoms with van der Waals surface area (Å²) in [5.74, 6) is 0.910. The molecule has 1 aliphatic rings. The predicted molar refractivity (Wildman–Crippen MR) is 81.9 cm³/mol. The number of hydrogen-bond acceptors (Lipinski definition) is 2. The Morgan fingerprint density at radius 2 is 2.05 bits per heavy atom. The van der Waals surface area contributed by atoms with Gasteiger partial charge >= 0.3 is 0 Å². The van der Waals surface area contributed by atoms with Crippen molar-refractivity contribution in [1.29, 1.82) is 0 Å². The van der Waals surface area contributed by atoms with E-state index in [1.165, 1.54) is 0 Å². The Balaban J connectivity index is 1.93. The number of alkyl halides is 1. The van der Waals surface area contributed by atoms with E-state index < -0.39 is 0 Å². The quantitative estimate of drug-likeness (QED) is 0.856. The number of rotatable bonds is 4. The minimum atomic E-state index is -0.141. The summed E-state index contributed by atoms with van der Waals surface area (Å²) in [7, 11) is 1.54. The molecule has 0 radical (unpaired) electrons. The van der Waals surface area contributed by atoms with Gasteiger partial charge in [0.25, 0.3) is 5.91 Å². The highest BCUT2D eigenvalue weighted by atomic mass is 35.5. The van der Waals surface area contributed by atoms with Gasteiger partial charge in [0.1, 0.15) is 5.75 Å². The molecular weight excluding hydrogens is 297 g/mol. The maximum Gasteiger partial charge on any atom is 0.255 e. The first-order chi connectivity index (χ1) is 9.60. The second kappa shape index (κ2) is 7.19. The van der Waals surface area contributed by atoms with Crippen molar-refractivity contribution in [1.82, 2.24) is 5.32 Å². The SMILES string of the molecule is COc1ccc(Cl)cc1C(=O)NCC1CCC(Cl)CC1. The van der Waals surface area contributed by atoms with E-state index in [0.717, 1.165) is 25.7 Å². The van der Waals surface area contributed by atoms with Crippen LogP contribution in [0.2, 0.25) is 5.02 Å². The summed E-state index contributed by atoms with van der Waals surface area (Å²) in [6.45, 7) is 0.679. The topological polar surface area (TPSA) is 38.3 Å². The van der Waals surface area contributed by atoms with Crippen LogP contribution in [-0.4, -0.2) is 24.9 Å². The Morgan fingerprint density at radius 1 is 1.35 bits per heavy atom. The number of ether oxygens (including phenoxy) is 1. The highest BCUT2D eigenvalue weighted by molar-refractivity contribution is 6.31. The third-order valence-corrected chi connectivity index (χ3v) is 4.41. The molecular formula is C15H19Cl2NO2. The minimum absolute atomic E-state index is 0.141. The monoisotopic (exact) mass is 315 g/mol. The summed E-state index contributed by atoms with van der Waals surface area (Å²) < 4.78 is 5.19. The first kappa shape index (κ1) is 15.5. The standard InChI is InChI=1S/C15H19Cl2NO2/c1-20-14-7-6-12(17)8-13(14)15(19)18-9-10-2-4-11(16)5-3-10/h6-8,10-11H,2-5,9H2,1H3,(H,18,19). The van der Waals surface area contributed by atoms with Gasteiger partial charge in [0.05, 0.1) is 12.7 Å². The number of hydrogen-bond donors (Lipinski definition) is 1. The van der Waals surface area contributed by atoms with E-state index in [4.69, 9.17) is 27.9 Å².